The zero-order valence-corrected chi connectivity index (χ0v) is 19.3. The summed E-state index contributed by atoms with van der Waals surface area (Å²) in [6.45, 7) is 4.01. The molecule has 4 rings (SSSR count). The van der Waals surface area contributed by atoms with Crippen LogP contribution < -0.4 is 0 Å². The first-order valence-electron chi connectivity index (χ1n) is 10.4. The van der Waals surface area contributed by atoms with Gasteiger partial charge in [-0.3, -0.25) is 4.18 Å². The van der Waals surface area contributed by atoms with Crippen molar-refractivity contribution in [1.82, 2.24) is 25.0 Å². The number of hydrogen-bond donors (Lipinski definition) is 1. The van der Waals surface area contributed by atoms with Crippen LogP contribution in [0, 0.1) is 13.8 Å². The lowest BCUT2D eigenvalue weighted by molar-refractivity contribution is -0.146. The minimum Gasteiger partial charge on any atom is -0.477 e. The molecule has 3 heterocycles. The summed E-state index contributed by atoms with van der Waals surface area (Å²) in [6, 6.07) is 7.73. The third-order valence-electron chi connectivity index (χ3n) is 5.00. The number of carboxylic acids is 1. The second kappa shape index (κ2) is 9.93. The summed E-state index contributed by atoms with van der Waals surface area (Å²) >= 11 is 0. The Kier molecular flexibility index (Phi) is 6.97. The van der Waals surface area contributed by atoms with Crippen molar-refractivity contribution in [1.29, 1.82) is 0 Å². The summed E-state index contributed by atoms with van der Waals surface area (Å²) in [6.07, 6.45) is 0.766. The number of aryl methyl sites for hydroxylation is 2. The van der Waals surface area contributed by atoms with Crippen LogP contribution in [0.15, 0.2) is 41.4 Å². The highest BCUT2D eigenvalue weighted by Gasteiger charge is 2.26. The lowest BCUT2D eigenvalue weighted by Crippen LogP contribution is -2.40. The highest BCUT2D eigenvalue weighted by molar-refractivity contribution is 7.86. The summed E-state index contributed by atoms with van der Waals surface area (Å²) in [5.74, 6) is -0.844. The fourth-order valence-corrected chi connectivity index (χ4v) is 4.18. The maximum Gasteiger partial charge on any atom is 0.354 e. The quantitative estimate of drug-likeness (QED) is 0.454. The zero-order valence-electron chi connectivity index (χ0n) is 18.5. The summed E-state index contributed by atoms with van der Waals surface area (Å²) in [7, 11) is -3.88. The largest absolute Gasteiger partial charge is 0.477 e. The molecule has 2 atom stereocenters. The molecule has 34 heavy (non-hydrogen) atoms. The first kappa shape index (κ1) is 23.9. The highest BCUT2D eigenvalue weighted by atomic mass is 32.2. The van der Waals surface area contributed by atoms with Crippen LogP contribution in [0.1, 0.15) is 21.9 Å². The van der Waals surface area contributed by atoms with Crippen LogP contribution in [0.2, 0.25) is 0 Å². The Labute approximate surface area is 195 Å². The molecule has 0 bridgehead atoms. The van der Waals surface area contributed by atoms with Gasteiger partial charge >= 0.3 is 5.97 Å². The van der Waals surface area contributed by atoms with Crippen LogP contribution in [-0.4, -0.2) is 76.5 Å². The molecular weight excluding hydrogens is 466 g/mol. The van der Waals surface area contributed by atoms with Gasteiger partial charge in [0.2, 0.25) is 0 Å². The Hall–Kier alpha value is -3.26. The lowest BCUT2D eigenvalue weighted by atomic mass is 10.2. The minimum atomic E-state index is -3.88. The molecule has 0 spiro atoms. The second-order valence-corrected chi connectivity index (χ2v) is 9.39. The molecule has 0 saturated carbocycles. The minimum absolute atomic E-state index is 0.0871. The van der Waals surface area contributed by atoms with Gasteiger partial charge in [0.1, 0.15) is 23.7 Å². The van der Waals surface area contributed by atoms with Gasteiger partial charge in [-0.1, -0.05) is 22.9 Å². The lowest BCUT2D eigenvalue weighted by Gasteiger charge is -2.29. The highest BCUT2D eigenvalue weighted by Crippen LogP contribution is 2.18. The molecule has 0 amide bonds. The van der Waals surface area contributed by atoms with Gasteiger partial charge < -0.3 is 14.6 Å². The molecule has 1 aromatic carbocycles. The number of ether oxygens (including phenoxy) is 2. The number of nitrogens with zero attached hydrogens (tertiary/aromatic N) is 5. The van der Waals surface area contributed by atoms with Gasteiger partial charge in [-0.2, -0.15) is 8.42 Å². The molecule has 0 radical (unpaired) electrons. The van der Waals surface area contributed by atoms with Crippen molar-refractivity contribution < 1.29 is 32.0 Å². The molecule has 3 aromatic rings. The average Bonchev–Trinajstić information content (AvgIpc) is 3.27. The summed E-state index contributed by atoms with van der Waals surface area (Å²) in [5.41, 5.74) is 1.57. The molecule has 1 fully saturated rings. The van der Waals surface area contributed by atoms with E-state index in [4.69, 9.17) is 18.8 Å². The summed E-state index contributed by atoms with van der Waals surface area (Å²) in [4.78, 5) is 19.4. The Morgan fingerprint density at radius 2 is 1.82 bits per heavy atom. The van der Waals surface area contributed by atoms with Crippen molar-refractivity contribution in [2.75, 3.05) is 19.8 Å². The third-order valence-corrected chi connectivity index (χ3v) is 6.30. The SMILES string of the molecule is Cc1ccc(S(=O)(=O)OCC2CO[C@@H](Cn3cc(-c4cc(C(=O)O)nc(C)n4)nn3)CO2)cc1. The van der Waals surface area contributed by atoms with Crippen molar-refractivity contribution in [2.24, 2.45) is 0 Å². The number of aromatic carboxylic acids is 1. The van der Waals surface area contributed by atoms with E-state index in [0.717, 1.165) is 5.56 Å². The van der Waals surface area contributed by atoms with Crippen LogP contribution in [0.25, 0.3) is 11.4 Å². The van der Waals surface area contributed by atoms with E-state index in [1.165, 1.54) is 18.2 Å². The van der Waals surface area contributed by atoms with Crippen molar-refractivity contribution in [2.45, 2.75) is 37.5 Å². The fourth-order valence-electron chi connectivity index (χ4n) is 3.25. The molecule has 1 N–H and O–H groups in total. The normalized spacial score (nSPS) is 18.6. The number of rotatable bonds is 8. The zero-order chi connectivity index (χ0) is 24.3. The predicted octanol–water partition coefficient (Wildman–Crippen LogP) is 1.24. The second-order valence-electron chi connectivity index (χ2n) is 7.78. The number of hydrogen-bond acceptors (Lipinski definition) is 10. The van der Waals surface area contributed by atoms with E-state index in [1.54, 1.807) is 29.9 Å². The van der Waals surface area contributed by atoms with E-state index in [-0.39, 0.29) is 36.5 Å². The number of benzene rings is 1. The Balaban J connectivity index is 1.29. The third kappa shape index (κ3) is 5.80. The predicted molar refractivity (Wildman–Crippen MR) is 117 cm³/mol. The Morgan fingerprint density at radius 1 is 1.12 bits per heavy atom. The first-order valence-corrected chi connectivity index (χ1v) is 11.8. The molecule has 12 nitrogen and oxygen atoms in total. The maximum absolute atomic E-state index is 12.3. The van der Waals surface area contributed by atoms with E-state index in [2.05, 4.69) is 20.3 Å². The van der Waals surface area contributed by atoms with Crippen molar-refractivity contribution in [3.8, 4) is 11.4 Å². The van der Waals surface area contributed by atoms with Crippen LogP contribution in [0.4, 0.5) is 0 Å². The van der Waals surface area contributed by atoms with Gasteiger partial charge in [0, 0.05) is 0 Å². The van der Waals surface area contributed by atoms with Gasteiger partial charge in [-0.25, -0.2) is 19.4 Å². The number of carboxylic acid groups (broad SMARTS) is 1. The van der Waals surface area contributed by atoms with Crippen molar-refractivity contribution in [3.05, 3.63) is 53.6 Å². The smallest absolute Gasteiger partial charge is 0.354 e. The molecule has 2 aromatic heterocycles. The number of carbonyl (C=O) groups is 1. The molecule has 1 aliphatic heterocycles. The van der Waals surface area contributed by atoms with E-state index in [1.807, 2.05) is 6.92 Å². The summed E-state index contributed by atoms with van der Waals surface area (Å²) < 4.78 is 42.8. The average molecular weight is 490 g/mol. The van der Waals surface area contributed by atoms with Crippen LogP contribution in [0.5, 0.6) is 0 Å². The molecular formula is C21H23N5O7S. The van der Waals surface area contributed by atoms with E-state index in [0.29, 0.717) is 23.8 Å². The maximum atomic E-state index is 12.3. The van der Waals surface area contributed by atoms with Gasteiger partial charge in [0.25, 0.3) is 10.1 Å². The molecule has 180 valence electrons. The molecule has 1 saturated heterocycles. The Bertz CT molecular complexity index is 1270. The van der Waals surface area contributed by atoms with Gasteiger partial charge in [-0.15, -0.1) is 5.10 Å². The summed E-state index contributed by atoms with van der Waals surface area (Å²) in [5, 5.41) is 17.3. The van der Waals surface area contributed by atoms with Crippen LogP contribution in [0.3, 0.4) is 0 Å². The van der Waals surface area contributed by atoms with E-state index in [9.17, 15) is 13.2 Å². The fraction of sp³-hybridized carbons (Fsp3) is 0.381. The van der Waals surface area contributed by atoms with Crippen molar-refractivity contribution in [3.63, 3.8) is 0 Å². The van der Waals surface area contributed by atoms with E-state index >= 15 is 0 Å². The van der Waals surface area contributed by atoms with Gasteiger partial charge in [-0.05, 0) is 32.0 Å². The van der Waals surface area contributed by atoms with Gasteiger partial charge in [0.15, 0.2) is 5.69 Å². The molecule has 1 unspecified atom stereocenters. The molecule has 13 heteroatoms. The molecule has 0 aliphatic carbocycles. The van der Waals surface area contributed by atoms with Crippen LogP contribution in [-0.2, 0) is 30.3 Å². The van der Waals surface area contributed by atoms with Crippen LogP contribution >= 0.6 is 0 Å². The standard InChI is InChI=1S/C21H23N5O7S/c1-13-3-5-17(6-4-13)34(29,30)33-12-16-11-31-15(10-32-16)8-26-9-20(24-25-26)18-7-19(21(27)28)23-14(2)22-18/h3-7,9,15-16H,8,10-12H2,1-2H3,(H,27,28)/t15-,16?/m0/s1. The topological polar surface area (TPSA) is 156 Å². The first-order chi connectivity index (χ1) is 16.2. The Morgan fingerprint density at radius 3 is 2.50 bits per heavy atom. The number of aromatic nitrogens is 5. The monoisotopic (exact) mass is 489 g/mol. The molecule has 1 aliphatic rings. The van der Waals surface area contributed by atoms with E-state index < -0.39 is 22.2 Å². The van der Waals surface area contributed by atoms with Crippen molar-refractivity contribution >= 4 is 16.1 Å². The van der Waals surface area contributed by atoms with Gasteiger partial charge in [0.05, 0.1) is 43.2 Å².